The van der Waals surface area contributed by atoms with Crippen LogP contribution in [-0.4, -0.2) is 69.1 Å². The molecule has 32 heavy (non-hydrogen) atoms. The number of halogens is 3. The van der Waals surface area contributed by atoms with Gasteiger partial charge >= 0.3 is 12.1 Å². The number of nitrogens with zero attached hydrogens (tertiary/aromatic N) is 4. The molecule has 0 aromatic carbocycles. The summed E-state index contributed by atoms with van der Waals surface area (Å²) in [4.78, 5) is 34.2. The third kappa shape index (κ3) is 6.06. The maximum Gasteiger partial charge on any atom is 0.490 e. The summed E-state index contributed by atoms with van der Waals surface area (Å²) in [5.41, 5.74) is 0.651. The number of rotatable bonds is 3. The number of carbonyl (C=O) groups excluding carboxylic acids is 1. The number of aryl methyl sites for hydroxylation is 1. The first kappa shape index (κ1) is 23.7. The predicted molar refractivity (Wildman–Crippen MR) is 107 cm³/mol. The van der Waals surface area contributed by atoms with Gasteiger partial charge in [0.15, 0.2) is 0 Å². The average Bonchev–Trinajstić information content (AvgIpc) is 3.33. The number of piperidine rings is 1. The monoisotopic (exact) mass is 454 g/mol. The summed E-state index contributed by atoms with van der Waals surface area (Å²) in [6, 6.07) is 4.08. The number of furan rings is 1. The highest BCUT2D eigenvalue weighted by Crippen LogP contribution is 2.39. The van der Waals surface area contributed by atoms with Gasteiger partial charge < -0.3 is 14.4 Å². The van der Waals surface area contributed by atoms with Crippen LogP contribution in [0.25, 0.3) is 0 Å². The van der Waals surface area contributed by atoms with Gasteiger partial charge in [0, 0.05) is 37.4 Å². The molecule has 1 unspecified atom stereocenters. The lowest BCUT2D eigenvalue weighted by Crippen LogP contribution is -2.47. The number of likely N-dealkylation sites (tertiary alicyclic amines) is 2. The minimum absolute atomic E-state index is 0.00674. The third-order valence-electron chi connectivity index (χ3n) is 5.67. The van der Waals surface area contributed by atoms with Gasteiger partial charge in [-0.3, -0.25) is 14.7 Å². The molecule has 0 bridgehead atoms. The predicted octanol–water partition coefficient (Wildman–Crippen LogP) is 3.14. The maximum absolute atomic E-state index is 12.7. The molecule has 0 radical (unpaired) electrons. The molecule has 2 aliphatic rings. The first-order valence-electron chi connectivity index (χ1n) is 10.2. The molecular weight excluding hydrogens is 429 g/mol. The highest BCUT2D eigenvalue weighted by molar-refractivity contribution is 5.92. The van der Waals surface area contributed by atoms with Gasteiger partial charge in [-0.2, -0.15) is 13.2 Å². The molecule has 0 aliphatic carbocycles. The Morgan fingerprint density at radius 2 is 1.94 bits per heavy atom. The molecule has 4 heterocycles. The standard InChI is InChI=1S/C19H24N4O2.C2HF3O2/c1-15-3-4-16(25-15)12-22-10-6-19(13-22)5-2-9-23(14-19)18(24)17-11-20-7-8-21-17;3-2(4,5)1(6)7/h3-4,7-8,11H,2,5-6,9-10,12-14H2,1H3;(H,6,7). The quantitative estimate of drug-likeness (QED) is 0.761. The van der Waals surface area contributed by atoms with Crippen molar-refractivity contribution >= 4 is 11.9 Å². The zero-order valence-electron chi connectivity index (χ0n) is 17.6. The van der Waals surface area contributed by atoms with Gasteiger partial charge in [0.1, 0.15) is 17.2 Å². The van der Waals surface area contributed by atoms with E-state index in [2.05, 4.69) is 20.9 Å². The topological polar surface area (TPSA) is 99.8 Å². The van der Waals surface area contributed by atoms with Crippen molar-refractivity contribution in [2.75, 3.05) is 26.2 Å². The lowest BCUT2D eigenvalue weighted by atomic mass is 9.79. The van der Waals surface area contributed by atoms with E-state index in [1.165, 1.54) is 6.42 Å². The molecule has 0 saturated carbocycles. The summed E-state index contributed by atoms with van der Waals surface area (Å²) in [7, 11) is 0. The number of hydrogen-bond acceptors (Lipinski definition) is 6. The molecule has 2 fully saturated rings. The fraction of sp³-hybridized carbons (Fsp3) is 0.524. The molecule has 2 aliphatic heterocycles. The molecule has 2 aromatic rings. The summed E-state index contributed by atoms with van der Waals surface area (Å²) in [5.74, 6) is -0.764. The smallest absolute Gasteiger partial charge is 0.475 e. The van der Waals surface area contributed by atoms with Crippen LogP contribution in [0.3, 0.4) is 0 Å². The van der Waals surface area contributed by atoms with E-state index < -0.39 is 12.1 Å². The minimum Gasteiger partial charge on any atom is -0.475 e. The van der Waals surface area contributed by atoms with E-state index in [1.54, 1.807) is 18.6 Å². The van der Waals surface area contributed by atoms with Gasteiger partial charge in [0.25, 0.3) is 5.91 Å². The summed E-state index contributed by atoms with van der Waals surface area (Å²) in [5, 5.41) is 7.12. The molecular formula is C21H25F3N4O4. The average molecular weight is 454 g/mol. The van der Waals surface area contributed by atoms with E-state index in [1.807, 2.05) is 17.9 Å². The van der Waals surface area contributed by atoms with Crippen molar-refractivity contribution in [3.05, 3.63) is 47.9 Å². The third-order valence-corrected chi connectivity index (χ3v) is 5.67. The first-order chi connectivity index (χ1) is 15.1. The molecule has 1 atom stereocenters. The molecule has 1 N–H and O–H groups in total. The summed E-state index contributed by atoms with van der Waals surface area (Å²) in [6.07, 6.45) is 3.03. The van der Waals surface area contributed by atoms with Gasteiger partial charge in [-0.1, -0.05) is 0 Å². The maximum atomic E-state index is 12.7. The fourth-order valence-electron chi connectivity index (χ4n) is 4.24. The Labute approximate surface area is 183 Å². The molecule has 11 heteroatoms. The molecule has 2 saturated heterocycles. The lowest BCUT2D eigenvalue weighted by Gasteiger charge is -2.40. The van der Waals surface area contributed by atoms with Crippen molar-refractivity contribution in [1.29, 1.82) is 0 Å². The van der Waals surface area contributed by atoms with Crippen molar-refractivity contribution in [1.82, 2.24) is 19.8 Å². The molecule has 8 nitrogen and oxygen atoms in total. The van der Waals surface area contributed by atoms with Crippen molar-refractivity contribution in [3.8, 4) is 0 Å². The second-order valence-corrected chi connectivity index (χ2v) is 8.20. The largest absolute Gasteiger partial charge is 0.490 e. The van der Waals surface area contributed by atoms with Crippen molar-refractivity contribution in [2.45, 2.75) is 38.9 Å². The summed E-state index contributed by atoms with van der Waals surface area (Å²) in [6.45, 7) is 6.55. The Bertz CT molecular complexity index is 935. The van der Waals surface area contributed by atoms with Crippen LogP contribution in [0.15, 0.2) is 35.1 Å². The summed E-state index contributed by atoms with van der Waals surface area (Å²) >= 11 is 0. The second-order valence-electron chi connectivity index (χ2n) is 8.20. The van der Waals surface area contributed by atoms with Crippen LogP contribution in [0.1, 0.15) is 41.3 Å². The van der Waals surface area contributed by atoms with Crippen molar-refractivity contribution < 1.29 is 32.3 Å². The van der Waals surface area contributed by atoms with Gasteiger partial charge in [-0.25, -0.2) is 9.78 Å². The number of aliphatic carboxylic acids is 1. The van der Waals surface area contributed by atoms with E-state index in [9.17, 15) is 18.0 Å². The Hall–Kier alpha value is -2.95. The van der Waals surface area contributed by atoms with Crippen molar-refractivity contribution in [2.24, 2.45) is 5.41 Å². The van der Waals surface area contributed by atoms with Crippen molar-refractivity contribution in [3.63, 3.8) is 0 Å². The number of amides is 1. The molecule has 174 valence electrons. The van der Waals surface area contributed by atoms with E-state index in [4.69, 9.17) is 14.3 Å². The Morgan fingerprint density at radius 3 is 2.53 bits per heavy atom. The SMILES string of the molecule is Cc1ccc(CN2CCC3(CCCN(C(=O)c4cnccn4)C3)C2)o1.O=C(O)C(F)(F)F. The van der Waals surface area contributed by atoms with Crippen LogP contribution >= 0.6 is 0 Å². The van der Waals surface area contributed by atoms with Crippen LogP contribution in [-0.2, 0) is 11.3 Å². The van der Waals surface area contributed by atoms with Crippen LogP contribution in [0.2, 0.25) is 0 Å². The minimum atomic E-state index is -5.08. The van der Waals surface area contributed by atoms with Gasteiger partial charge in [0.2, 0.25) is 0 Å². The van der Waals surface area contributed by atoms with Gasteiger partial charge in [-0.05, 0) is 44.9 Å². The van der Waals surface area contributed by atoms with Crippen LogP contribution in [0.5, 0.6) is 0 Å². The van der Waals surface area contributed by atoms with E-state index in [0.29, 0.717) is 5.69 Å². The number of carboxylic acids is 1. The normalized spacial score (nSPS) is 21.3. The van der Waals surface area contributed by atoms with E-state index >= 15 is 0 Å². The number of carboxylic acid groups (broad SMARTS) is 1. The van der Waals surface area contributed by atoms with Gasteiger partial charge in [-0.15, -0.1) is 0 Å². The highest BCUT2D eigenvalue weighted by Gasteiger charge is 2.42. The second kappa shape index (κ2) is 9.68. The Balaban J connectivity index is 0.000000360. The molecule has 4 rings (SSSR count). The number of aromatic nitrogens is 2. The Morgan fingerprint density at radius 1 is 1.19 bits per heavy atom. The highest BCUT2D eigenvalue weighted by atomic mass is 19.4. The van der Waals surface area contributed by atoms with Gasteiger partial charge in [0.05, 0.1) is 12.7 Å². The number of hydrogen-bond donors (Lipinski definition) is 1. The molecule has 1 amide bonds. The van der Waals surface area contributed by atoms with E-state index in [0.717, 1.165) is 57.1 Å². The zero-order chi connectivity index (χ0) is 23.4. The number of alkyl halides is 3. The number of carbonyl (C=O) groups is 2. The lowest BCUT2D eigenvalue weighted by molar-refractivity contribution is -0.192. The zero-order valence-corrected chi connectivity index (χ0v) is 17.6. The molecule has 1 spiro atoms. The molecule has 2 aromatic heterocycles. The summed E-state index contributed by atoms with van der Waals surface area (Å²) < 4.78 is 37.5. The van der Waals surface area contributed by atoms with Crippen LogP contribution in [0, 0.1) is 12.3 Å². The van der Waals surface area contributed by atoms with Crippen LogP contribution in [0.4, 0.5) is 13.2 Å². The fourth-order valence-corrected chi connectivity index (χ4v) is 4.24. The van der Waals surface area contributed by atoms with Crippen LogP contribution < -0.4 is 0 Å². The first-order valence-corrected chi connectivity index (χ1v) is 10.2. The van der Waals surface area contributed by atoms with E-state index in [-0.39, 0.29) is 11.3 Å². The Kier molecular flexibility index (Phi) is 7.17.